The van der Waals surface area contributed by atoms with Crippen molar-refractivity contribution in [1.29, 1.82) is 0 Å². The van der Waals surface area contributed by atoms with Crippen LogP contribution in [0.1, 0.15) is 25.1 Å². The van der Waals surface area contributed by atoms with E-state index in [0.717, 1.165) is 11.1 Å². The molecule has 0 saturated heterocycles. The summed E-state index contributed by atoms with van der Waals surface area (Å²) in [4.78, 5) is 28.1. The first-order valence-corrected chi connectivity index (χ1v) is 10.2. The number of hydrogen-bond acceptors (Lipinski definition) is 6. The number of ether oxygens (including phenoxy) is 1. The Labute approximate surface area is 184 Å². The Morgan fingerprint density at radius 1 is 1.12 bits per heavy atom. The van der Waals surface area contributed by atoms with Gasteiger partial charge in [-0.05, 0) is 49.6 Å². The van der Waals surface area contributed by atoms with Gasteiger partial charge < -0.3 is 4.74 Å². The fourth-order valence-corrected chi connectivity index (χ4v) is 3.84. The largest absolute Gasteiger partial charge is 0.465 e. The average molecular weight is 430 g/mol. The van der Waals surface area contributed by atoms with Crippen LogP contribution in [0.15, 0.2) is 73.1 Å². The number of hydrogen-bond donors (Lipinski definition) is 0. The fourth-order valence-electron chi connectivity index (χ4n) is 3.84. The van der Waals surface area contributed by atoms with Gasteiger partial charge in [-0.15, -0.1) is 0 Å². The number of carbonyl (C=O) groups is 1. The Morgan fingerprint density at radius 2 is 1.84 bits per heavy atom. The van der Waals surface area contributed by atoms with E-state index in [9.17, 15) is 14.9 Å². The first-order chi connectivity index (χ1) is 15.4. The molecule has 32 heavy (non-hydrogen) atoms. The number of aromatic nitrogens is 3. The van der Waals surface area contributed by atoms with Gasteiger partial charge in [-0.25, -0.2) is 9.50 Å². The van der Waals surface area contributed by atoms with Crippen LogP contribution in [-0.2, 0) is 21.4 Å². The molecule has 0 radical (unpaired) electrons. The van der Waals surface area contributed by atoms with E-state index in [0.29, 0.717) is 23.3 Å². The third-order valence-electron chi connectivity index (χ3n) is 5.48. The predicted octanol–water partition coefficient (Wildman–Crippen LogP) is 4.37. The van der Waals surface area contributed by atoms with Crippen LogP contribution in [0.4, 0.5) is 5.69 Å². The van der Waals surface area contributed by atoms with Crippen molar-refractivity contribution in [2.24, 2.45) is 0 Å². The molecule has 8 nitrogen and oxygen atoms in total. The highest BCUT2D eigenvalue weighted by Crippen LogP contribution is 2.32. The lowest BCUT2D eigenvalue weighted by Crippen LogP contribution is -2.38. The Morgan fingerprint density at radius 3 is 2.50 bits per heavy atom. The molecule has 0 N–H and O–H groups in total. The highest BCUT2D eigenvalue weighted by Gasteiger charge is 2.39. The van der Waals surface area contributed by atoms with E-state index >= 15 is 0 Å². The summed E-state index contributed by atoms with van der Waals surface area (Å²) in [5.41, 5.74) is 2.67. The monoisotopic (exact) mass is 430 g/mol. The molecule has 1 atom stereocenters. The van der Waals surface area contributed by atoms with Gasteiger partial charge in [0.15, 0.2) is 5.65 Å². The van der Waals surface area contributed by atoms with E-state index < -0.39 is 10.3 Å². The summed E-state index contributed by atoms with van der Waals surface area (Å²) < 4.78 is 7.09. The molecular formula is C24H22N4O4. The summed E-state index contributed by atoms with van der Waals surface area (Å²) in [5.74, 6) is -0.344. The minimum absolute atomic E-state index is 0.0108. The van der Waals surface area contributed by atoms with E-state index in [1.807, 2.05) is 37.3 Å². The maximum atomic E-state index is 13.1. The standard InChI is InChI=1S/C24H22N4O4/c1-3-32-23(29)24(2,15-17-7-5-4-6-8-17)21-13-14-25-22-20(16-26-27(21)22)18-9-11-19(12-10-18)28(30)31/h4-14,16H,3,15H2,1-2H3/t24-/m0/s1. The first kappa shape index (κ1) is 21.2. The Bertz CT molecular complexity index is 1270. The van der Waals surface area contributed by atoms with Crippen molar-refractivity contribution in [2.45, 2.75) is 25.7 Å². The summed E-state index contributed by atoms with van der Waals surface area (Å²) in [7, 11) is 0. The molecule has 162 valence electrons. The second-order valence-electron chi connectivity index (χ2n) is 7.64. The molecule has 0 aliphatic heterocycles. The van der Waals surface area contributed by atoms with E-state index in [4.69, 9.17) is 4.74 Å². The zero-order valence-electron chi connectivity index (χ0n) is 17.8. The van der Waals surface area contributed by atoms with Crippen molar-refractivity contribution in [1.82, 2.24) is 14.6 Å². The quantitative estimate of drug-likeness (QED) is 0.245. The lowest BCUT2D eigenvalue weighted by molar-refractivity contribution is -0.384. The molecule has 0 fully saturated rings. The van der Waals surface area contributed by atoms with Crippen molar-refractivity contribution in [2.75, 3.05) is 6.61 Å². The Hall–Kier alpha value is -4.07. The minimum Gasteiger partial charge on any atom is -0.465 e. The number of non-ortho nitro benzene ring substituents is 1. The normalized spacial score (nSPS) is 12.9. The maximum Gasteiger partial charge on any atom is 0.318 e. The second kappa shape index (κ2) is 8.58. The number of benzene rings is 2. The molecule has 0 aliphatic carbocycles. The zero-order valence-corrected chi connectivity index (χ0v) is 17.8. The smallest absolute Gasteiger partial charge is 0.318 e. The number of carbonyl (C=O) groups excluding carboxylic acids is 1. The van der Waals surface area contributed by atoms with E-state index in [1.165, 1.54) is 12.1 Å². The predicted molar refractivity (Wildman–Crippen MR) is 119 cm³/mol. The molecule has 4 aromatic rings. The van der Waals surface area contributed by atoms with Gasteiger partial charge in [0, 0.05) is 23.9 Å². The van der Waals surface area contributed by atoms with Crippen molar-refractivity contribution in [3.63, 3.8) is 0 Å². The molecule has 0 aliphatic rings. The van der Waals surface area contributed by atoms with E-state index in [-0.39, 0.29) is 18.3 Å². The van der Waals surface area contributed by atoms with Crippen LogP contribution in [0, 0.1) is 10.1 Å². The number of nitro benzene ring substituents is 1. The fraction of sp³-hybridized carbons (Fsp3) is 0.208. The number of fused-ring (bicyclic) bond motifs is 1. The molecule has 2 aromatic heterocycles. The molecule has 0 spiro atoms. The van der Waals surface area contributed by atoms with Gasteiger partial charge in [-0.1, -0.05) is 30.3 Å². The summed E-state index contributed by atoms with van der Waals surface area (Å²) in [5, 5.41) is 15.5. The number of rotatable bonds is 7. The van der Waals surface area contributed by atoms with Crippen molar-refractivity contribution < 1.29 is 14.5 Å². The number of nitro groups is 1. The summed E-state index contributed by atoms with van der Waals surface area (Å²) in [6, 6.07) is 17.7. The summed E-state index contributed by atoms with van der Waals surface area (Å²) in [6.45, 7) is 3.90. The number of nitrogens with zero attached hydrogens (tertiary/aromatic N) is 4. The van der Waals surface area contributed by atoms with Crippen LogP contribution in [0.25, 0.3) is 16.8 Å². The van der Waals surface area contributed by atoms with E-state index in [1.54, 1.807) is 42.0 Å². The van der Waals surface area contributed by atoms with Crippen LogP contribution in [0.5, 0.6) is 0 Å². The molecular weight excluding hydrogens is 408 g/mol. The van der Waals surface area contributed by atoms with Crippen molar-refractivity contribution in [3.05, 3.63) is 94.4 Å². The first-order valence-electron chi connectivity index (χ1n) is 10.2. The molecule has 0 bridgehead atoms. The molecule has 0 amide bonds. The zero-order chi connectivity index (χ0) is 22.7. The third-order valence-corrected chi connectivity index (χ3v) is 5.48. The maximum absolute atomic E-state index is 13.1. The van der Waals surface area contributed by atoms with Crippen LogP contribution in [0.2, 0.25) is 0 Å². The van der Waals surface area contributed by atoms with Crippen LogP contribution in [0.3, 0.4) is 0 Å². The Balaban J connectivity index is 1.83. The van der Waals surface area contributed by atoms with Gasteiger partial charge in [-0.3, -0.25) is 14.9 Å². The van der Waals surface area contributed by atoms with Crippen LogP contribution < -0.4 is 0 Å². The number of esters is 1. The second-order valence-corrected chi connectivity index (χ2v) is 7.64. The van der Waals surface area contributed by atoms with Crippen LogP contribution >= 0.6 is 0 Å². The van der Waals surface area contributed by atoms with Crippen molar-refractivity contribution >= 4 is 17.3 Å². The van der Waals surface area contributed by atoms with Crippen molar-refractivity contribution in [3.8, 4) is 11.1 Å². The topological polar surface area (TPSA) is 99.6 Å². The molecule has 8 heteroatoms. The molecule has 2 heterocycles. The molecule has 0 unspecified atom stereocenters. The van der Waals surface area contributed by atoms with Gasteiger partial charge >= 0.3 is 5.97 Å². The Kier molecular flexibility index (Phi) is 5.68. The van der Waals surface area contributed by atoms with Gasteiger partial charge in [0.25, 0.3) is 5.69 Å². The van der Waals surface area contributed by atoms with Gasteiger partial charge in [0.05, 0.1) is 23.4 Å². The lowest BCUT2D eigenvalue weighted by Gasteiger charge is -2.28. The van der Waals surface area contributed by atoms with E-state index in [2.05, 4.69) is 10.1 Å². The highest BCUT2D eigenvalue weighted by molar-refractivity contribution is 5.84. The summed E-state index contributed by atoms with van der Waals surface area (Å²) >= 11 is 0. The molecule has 2 aromatic carbocycles. The van der Waals surface area contributed by atoms with Gasteiger partial charge in [-0.2, -0.15) is 5.10 Å². The third kappa shape index (κ3) is 3.82. The molecule has 4 rings (SSSR count). The SMILES string of the molecule is CCOC(=O)[C@@](C)(Cc1ccccc1)c1ccnc2c(-c3ccc([N+](=O)[O-])cc3)cnn12. The van der Waals surface area contributed by atoms with Crippen LogP contribution in [-0.4, -0.2) is 32.1 Å². The molecule has 0 saturated carbocycles. The lowest BCUT2D eigenvalue weighted by atomic mass is 9.80. The van der Waals surface area contributed by atoms with Gasteiger partial charge in [0.1, 0.15) is 5.41 Å². The minimum atomic E-state index is -1.00. The van der Waals surface area contributed by atoms with Gasteiger partial charge in [0.2, 0.25) is 0 Å². The highest BCUT2D eigenvalue weighted by atomic mass is 16.6. The average Bonchev–Trinajstić information content (AvgIpc) is 3.24. The summed E-state index contributed by atoms with van der Waals surface area (Å²) in [6.07, 6.45) is 3.73.